The highest BCUT2D eigenvalue weighted by Gasteiger charge is 2.23. The Morgan fingerprint density at radius 1 is 1.10 bits per heavy atom. The van der Waals surface area contributed by atoms with E-state index in [2.05, 4.69) is 4.90 Å². The van der Waals surface area contributed by atoms with Gasteiger partial charge in [-0.3, -0.25) is 14.6 Å². The molecule has 2 heterocycles. The number of carbonyl (C=O) groups excluding carboxylic acids is 1. The number of amides is 1. The molecule has 13 heteroatoms. The van der Waals surface area contributed by atoms with Crippen LogP contribution in [0.2, 0.25) is 5.02 Å². The van der Waals surface area contributed by atoms with Crippen LogP contribution in [0, 0.1) is 0 Å². The van der Waals surface area contributed by atoms with Gasteiger partial charge in [-0.05, 0) is 49.2 Å². The van der Waals surface area contributed by atoms with Crippen molar-refractivity contribution in [2.75, 3.05) is 64.3 Å². The van der Waals surface area contributed by atoms with Crippen LogP contribution in [0.25, 0.3) is 10.2 Å². The molecule has 1 fully saturated rings. The van der Waals surface area contributed by atoms with Gasteiger partial charge in [0.25, 0.3) is 0 Å². The number of fused-ring (bicyclic) bond motifs is 1. The lowest BCUT2D eigenvalue weighted by atomic mass is 10.2. The minimum absolute atomic E-state index is 0. The molecule has 39 heavy (non-hydrogen) atoms. The Morgan fingerprint density at radius 2 is 1.82 bits per heavy atom. The number of methoxy groups -OCH3 is 2. The van der Waals surface area contributed by atoms with Gasteiger partial charge >= 0.3 is 0 Å². The van der Waals surface area contributed by atoms with E-state index >= 15 is 0 Å². The monoisotopic (exact) mass is 617 g/mol. The quantitative estimate of drug-likeness (QED) is 0.288. The number of hydrogen-bond donors (Lipinski definition) is 0. The van der Waals surface area contributed by atoms with Crippen molar-refractivity contribution in [3.8, 4) is 11.5 Å². The Bertz CT molecular complexity index is 1350. The highest BCUT2D eigenvalue weighted by atomic mass is 35.5. The molecule has 1 saturated heterocycles. The van der Waals surface area contributed by atoms with E-state index in [0.717, 1.165) is 30.8 Å². The molecule has 2 aromatic carbocycles. The van der Waals surface area contributed by atoms with E-state index in [4.69, 9.17) is 30.8 Å². The number of carbonyl (C=O) groups is 1. The van der Waals surface area contributed by atoms with E-state index in [0.29, 0.717) is 46.9 Å². The van der Waals surface area contributed by atoms with Gasteiger partial charge in [-0.15, -0.1) is 12.4 Å². The Kier molecular flexibility index (Phi) is 11.6. The number of ether oxygens (including phenoxy) is 3. The van der Waals surface area contributed by atoms with E-state index in [-0.39, 0.29) is 41.8 Å². The summed E-state index contributed by atoms with van der Waals surface area (Å²) in [6.45, 7) is 4.44. The molecular weight excluding hydrogens is 585 g/mol. The molecule has 0 atom stereocenters. The van der Waals surface area contributed by atoms with Gasteiger partial charge in [0, 0.05) is 32.6 Å². The summed E-state index contributed by atoms with van der Waals surface area (Å²) in [6, 6.07) is 9.77. The average Bonchev–Trinajstić information content (AvgIpc) is 3.38. The van der Waals surface area contributed by atoms with Crippen LogP contribution in [0.15, 0.2) is 41.3 Å². The third-order valence-corrected chi connectivity index (χ3v) is 9.74. The molecule has 0 radical (unpaired) electrons. The van der Waals surface area contributed by atoms with Gasteiger partial charge in [0.2, 0.25) is 5.91 Å². The second-order valence-electron chi connectivity index (χ2n) is 8.87. The first-order valence-electron chi connectivity index (χ1n) is 12.4. The number of nitrogens with zero attached hydrogens (tertiary/aromatic N) is 3. The maximum absolute atomic E-state index is 13.4. The smallest absolute Gasteiger partial charge is 0.228 e. The van der Waals surface area contributed by atoms with Crippen LogP contribution < -0.4 is 14.4 Å². The van der Waals surface area contributed by atoms with Crippen LogP contribution in [0.3, 0.4) is 0 Å². The van der Waals surface area contributed by atoms with Crippen molar-refractivity contribution in [1.29, 1.82) is 0 Å². The molecular formula is C26H33Cl2N3O6S2. The maximum atomic E-state index is 13.4. The zero-order valence-electron chi connectivity index (χ0n) is 21.9. The zero-order valence-corrected chi connectivity index (χ0v) is 25.1. The lowest BCUT2D eigenvalue weighted by Gasteiger charge is -2.27. The molecule has 0 aliphatic carbocycles. The number of thiazole rings is 1. The van der Waals surface area contributed by atoms with Gasteiger partial charge in [0.05, 0.1) is 47.8 Å². The van der Waals surface area contributed by atoms with Gasteiger partial charge in [-0.2, -0.15) is 0 Å². The Hall–Kier alpha value is -2.15. The molecule has 0 N–H and O–H groups in total. The second kappa shape index (κ2) is 14.5. The fraction of sp³-hybridized carbons (Fsp3) is 0.462. The van der Waals surface area contributed by atoms with Crippen molar-refractivity contribution >= 4 is 66.4 Å². The molecule has 9 nitrogen and oxygen atoms in total. The topological polar surface area (TPSA) is 98.3 Å². The molecule has 1 aliphatic heterocycles. The zero-order chi connectivity index (χ0) is 27.1. The molecule has 1 amide bonds. The first-order chi connectivity index (χ1) is 18.3. The van der Waals surface area contributed by atoms with Gasteiger partial charge < -0.3 is 14.2 Å². The van der Waals surface area contributed by atoms with Crippen molar-refractivity contribution < 1.29 is 27.4 Å². The number of aromatic nitrogens is 1. The fourth-order valence-corrected chi connectivity index (χ4v) is 6.89. The van der Waals surface area contributed by atoms with E-state index in [1.807, 2.05) is 0 Å². The largest absolute Gasteiger partial charge is 0.497 e. The van der Waals surface area contributed by atoms with Crippen molar-refractivity contribution in [3.05, 3.63) is 41.4 Å². The number of morpholine rings is 1. The summed E-state index contributed by atoms with van der Waals surface area (Å²) in [6.07, 6.45) is 1.02. The van der Waals surface area contributed by atoms with Gasteiger partial charge in [0.15, 0.2) is 15.0 Å². The summed E-state index contributed by atoms with van der Waals surface area (Å²) in [7, 11) is -0.439. The normalized spacial score (nSPS) is 14.1. The van der Waals surface area contributed by atoms with Crippen molar-refractivity contribution in [1.82, 2.24) is 9.88 Å². The summed E-state index contributed by atoms with van der Waals surface area (Å²) >= 11 is 7.75. The predicted octanol–water partition coefficient (Wildman–Crippen LogP) is 4.70. The number of rotatable bonds is 12. The van der Waals surface area contributed by atoms with Crippen LogP contribution in [0.5, 0.6) is 11.5 Å². The summed E-state index contributed by atoms with van der Waals surface area (Å²) in [5.41, 5.74) is 0.605. The first kappa shape index (κ1) is 31.4. The van der Waals surface area contributed by atoms with Crippen molar-refractivity contribution in [2.24, 2.45) is 0 Å². The Morgan fingerprint density at radius 3 is 2.49 bits per heavy atom. The van der Waals surface area contributed by atoms with Crippen LogP contribution in [-0.4, -0.2) is 83.6 Å². The number of hydrogen-bond acceptors (Lipinski definition) is 9. The maximum Gasteiger partial charge on any atom is 0.228 e. The molecule has 0 spiro atoms. The second-order valence-corrected chi connectivity index (χ2v) is 12.4. The number of benzene rings is 2. The first-order valence-corrected chi connectivity index (χ1v) is 15.3. The summed E-state index contributed by atoms with van der Waals surface area (Å²) in [5.74, 6) is 0.857. The molecule has 0 bridgehead atoms. The molecule has 1 aliphatic rings. The van der Waals surface area contributed by atoms with Gasteiger partial charge in [-0.1, -0.05) is 22.9 Å². The lowest BCUT2D eigenvalue weighted by Crippen LogP contribution is -2.39. The molecule has 0 saturated carbocycles. The third kappa shape index (κ3) is 7.96. The van der Waals surface area contributed by atoms with Crippen LogP contribution >= 0.6 is 35.3 Å². The molecule has 1 aromatic heterocycles. The highest BCUT2D eigenvalue weighted by Crippen LogP contribution is 2.39. The summed E-state index contributed by atoms with van der Waals surface area (Å²) in [4.78, 5) is 22.3. The molecule has 4 rings (SSSR count). The van der Waals surface area contributed by atoms with E-state index < -0.39 is 9.84 Å². The van der Waals surface area contributed by atoms with Crippen LogP contribution in [0.1, 0.15) is 19.3 Å². The summed E-state index contributed by atoms with van der Waals surface area (Å²) < 4.78 is 42.3. The summed E-state index contributed by atoms with van der Waals surface area (Å²) in [5, 5.41) is 1.06. The van der Waals surface area contributed by atoms with E-state index in [9.17, 15) is 13.2 Å². The molecule has 3 aromatic rings. The lowest BCUT2D eigenvalue weighted by molar-refractivity contribution is -0.118. The number of sulfone groups is 1. The molecule has 0 unspecified atom stereocenters. The van der Waals surface area contributed by atoms with E-state index in [1.165, 1.54) is 30.6 Å². The van der Waals surface area contributed by atoms with Crippen LogP contribution in [0.4, 0.5) is 5.13 Å². The van der Waals surface area contributed by atoms with Crippen LogP contribution in [-0.2, 0) is 19.4 Å². The SMILES string of the molecule is COc1ccc(S(=O)(=O)CCCC(=O)N(CCCN2CCOCC2)c2nc3c(OC)ccc(Cl)c3s2)cc1.Cl. The average molecular weight is 619 g/mol. The Labute approximate surface area is 244 Å². The predicted molar refractivity (Wildman–Crippen MR) is 157 cm³/mol. The minimum atomic E-state index is -3.53. The van der Waals surface area contributed by atoms with E-state index in [1.54, 1.807) is 36.3 Å². The molecule has 214 valence electrons. The van der Waals surface area contributed by atoms with Crippen molar-refractivity contribution in [3.63, 3.8) is 0 Å². The van der Waals surface area contributed by atoms with Crippen molar-refractivity contribution in [2.45, 2.75) is 24.2 Å². The Balaban J connectivity index is 0.00000420. The fourth-order valence-electron chi connectivity index (χ4n) is 4.27. The highest BCUT2D eigenvalue weighted by molar-refractivity contribution is 7.91. The minimum Gasteiger partial charge on any atom is -0.497 e. The standard InChI is InChI=1S/C26H32ClN3O6S2.ClH/c1-34-19-6-8-20(9-7-19)38(32,33)18-3-5-23(31)30(13-4-12-29-14-16-36-17-15-29)26-28-24-22(35-2)11-10-21(27)25(24)37-26;/h6-11H,3-5,12-18H2,1-2H3;1H. The number of anilines is 1. The van der Waals surface area contributed by atoms with Gasteiger partial charge in [-0.25, -0.2) is 13.4 Å². The third-order valence-electron chi connectivity index (χ3n) is 6.38. The number of halogens is 2. The van der Waals surface area contributed by atoms with Gasteiger partial charge in [0.1, 0.15) is 17.0 Å².